The van der Waals surface area contributed by atoms with Gasteiger partial charge in [0.25, 0.3) is 0 Å². The first kappa shape index (κ1) is 11.2. The fourth-order valence-corrected chi connectivity index (χ4v) is 1.94. The van der Waals surface area contributed by atoms with Crippen molar-refractivity contribution >= 4 is 11.6 Å². The predicted octanol–water partition coefficient (Wildman–Crippen LogP) is 3.96. The van der Waals surface area contributed by atoms with Crippen LogP contribution in [-0.4, -0.2) is 9.78 Å². The predicted molar refractivity (Wildman–Crippen MR) is 67.7 cm³/mol. The van der Waals surface area contributed by atoms with Crippen molar-refractivity contribution in [3.05, 3.63) is 41.6 Å². The number of benzene rings is 1. The minimum Gasteiger partial charge on any atom is -0.260 e. The fourth-order valence-electron chi connectivity index (χ4n) is 1.71. The smallest absolute Gasteiger partial charge is 0.0703 e. The van der Waals surface area contributed by atoms with Gasteiger partial charge in [-0.15, -0.1) is 0 Å². The lowest BCUT2D eigenvalue weighted by Crippen LogP contribution is -2.23. The van der Waals surface area contributed by atoms with Gasteiger partial charge >= 0.3 is 0 Å². The largest absolute Gasteiger partial charge is 0.260 e. The van der Waals surface area contributed by atoms with E-state index in [0.29, 0.717) is 0 Å². The second-order valence-electron chi connectivity index (χ2n) is 4.78. The van der Waals surface area contributed by atoms with Crippen LogP contribution in [0.5, 0.6) is 0 Å². The molecule has 0 amide bonds. The summed E-state index contributed by atoms with van der Waals surface area (Å²) in [4.78, 5) is 0. The van der Waals surface area contributed by atoms with Crippen molar-refractivity contribution in [2.75, 3.05) is 0 Å². The zero-order valence-corrected chi connectivity index (χ0v) is 10.5. The Bertz CT molecular complexity index is 495. The molecule has 0 radical (unpaired) electrons. The highest BCUT2D eigenvalue weighted by atomic mass is 35.5. The van der Waals surface area contributed by atoms with E-state index in [9.17, 15) is 0 Å². The van der Waals surface area contributed by atoms with Gasteiger partial charge in [-0.3, -0.25) is 4.68 Å². The number of nitrogens with zero attached hydrogens (tertiary/aromatic N) is 2. The molecule has 0 bridgehead atoms. The summed E-state index contributed by atoms with van der Waals surface area (Å²) in [5.74, 6) is 0. The maximum atomic E-state index is 6.20. The molecule has 84 valence electrons. The highest BCUT2D eigenvalue weighted by Gasteiger charge is 2.18. The van der Waals surface area contributed by atoms with Gasteiger partial charge in [0, 0.05) is 16.8 Å². The van der Waals surface area contributed by atoms with E-state index < -0.39 is 0 Å². The molecule has 0 atom stereocenters. The molecule has 0 fully saturated rings. The molecule has 0 saturated heterocycles. The van der Waals surface area contributed by atoms with Crippen LogP contribution in [0.4, 0.5) is 0 Å². The molecule has 0 aliphatic rings. The van der Waals surface area contributed by atoms with Crippen molar-refractivity contribution in [3.63, 3.8) is 0 Å². The molecule has 2 rings (SSSR count). The summed E-state index contributed by atoms with van der Waals surface area (Å²) in [6.07, 6.45) is 1.81. The lowest BCUT2D eigenvalue weighted by Gasteiger charge is -2.22. The van der Waals surface area contributed by atoms with Crippen LogP contribution in [-0.2, 0) is 5.54 Å². The zero-order chi connectivity index (χ0) is 11.8. The van der Waals surface area contributed by atoms with Gasteiger partial charge in [-0.1, -0.05) is 29.8 Å². The van der Waals surface area contributed by atoms with E-state index in [4.69, 9.17) is 11.6 Å². The van der Waals surface area contributed by atoms with E-state index in [1.807, 2.05) is 41.2 Å². The first-order valence-corrected chi connectivity index (χ1v) is 5.67. The van der Waals surface area contributed by atoms with Crippen LogP contribution >= 0.6 is 11.6 Å². The Morgan fingerprint density at radius 1 is 1.12 bits per heavy atom. The summed E-state index contributed by atoms with van der Waals surface area (Å²) in [6.45, 7) is 6.38. The van der Waals surface area contributed by atoms with Crippen LogP contribution in [0.1, 0.15) is 20.8 Å². The maximum absolute atomic E-state index is 6.20. The molecule has 16 heavy (non-hydrogen) atoms. The van der Waals surface area contributed by atoms with Crippen molar-refractivity contribution in [1.82, 2.24) is 9.78 Å². The first-order chi connectivity index (χ1) is 7.50. The Labute approximate surface area is 101 Å². The molecule has 3 heteroatoms. The molecule has 0 aliphatic heterocycles. The van der Waals surface area contributed by atoms with E-state index in [1.165, 1.54) is 0 Å². The monoisotopic (exact) mass is 234 g/mol. The lowest BCUT2D eigenvalue weighted by atomic mass is 10.1. The minimum absolute atomic E-state index is 0.0436. The standard InChI is InChI=1S/C13H15ClN2/c1-13(2,3)16-12(8-9-15-16)10-6-4-5-7-11(10)14/h4-9H,1-3H3. The average Bonchev–Trinajstić information content (AvgIpc) is 2.66. The molecule has 0 aliphatic carbocycles. The van der Waals surface area contributed by atoms with Gasteiger partial charge in [0.1, 0.15) is 0 Å². The van der Waals surface area contributed by atoms with Gasteiger partial charge in [0.05, 0.1) is 11.2 Å². The minimum atomic E-state index is -0.0436. The zero-order valence-electron chi connectivity index (χ0n) is 9.74. The van der Waals surface area contributed by atoms with E-state index in [2.05, 4.69) is 25.9 Å². The molecule has 0 saturated carbocycles. The molecule has 0 N–H and O–H groups in total. The van der Waals surface area contributed by atoms with Crippen LogP contribution in [0.15, 0.2) is 36.5 Å². The van der Waals surface area contributed by atoms with Crippen LogP contribution in [0, 0.1) is 0 Å². The highest BCUT2D eigenvalue weighted by molar-refractivity contribution is 6.33. The third kappa shape index (κ3) is 1.98. The summed E-state index contributed by atoms with van der Waals surface area (Å²) in [7, 11) is 0. The van der Waals surface area contributed by atoms with E-state index in [-0.39, 0.29) is 5.54 Å². The van der Waals surface area contributed by atoms with E-state index in [1.54, 1.807) is 0 Å². The lowest BCUT2D eigenvalue weighted by molar-refractivity contribution is 0.360. The van der Waals surface area contributed by atoms with Crippen LogP contribution in [0.25, 0.3) is 11.3 Å². The van der Waals surface area contributed by atoms with Crippen molar-refractivity contribution < 1.29 is 0 Å². The first-order valence-electron chi connectivity index (χ1n) is 5.29. The molecule has 1 aromatic heterocycles. The molecular weight excluding hydrogens is 220 g/mol. The van der Waals surface area contributed by atoms with Gasteiger partial charge in [-0.05, 0) is 32.9 Å². The Balaban J connectivity index is 2.58. The Morgan fingerprint density at radius 2 is 1.81 bits per heavy atom. The number of rotatable bonds is 1. The summed E-state index contributed by atoms with van der Waals surface area (Å²) < 4.78 is 1.99. The van der Waals surface area contributed by atoms with E-state index >= 15 is 0 Å². The Kier molecular flexibility index (Phi) is 2.76. The normalized spacial score (nSPS) is 11.8. The van der Waals surface area contributed by atoms with Crippen LogP contribution in [0.2, 0.25) is 5.02 Å². The van der Waals surface area contributed by atoms with Crippen molar-refractivity contribution in [3.8, 4) is 11.3 Å². The van der Waals surface area contributed by atoms with Crippen LogP contribution < -0.4 is 0 Å². The van der Waals surface area contributed by atoms with Crippen molar-refractivity contribution in [2.45, 2.75) is 26.3 Å². The SMILES string of the molecule is CC(C)(C)n1nccc1-c1ccccc1Cl. The number of hydrogen-bond donors (Lipinski definition) is 0. The summed E-state index contributed by atoms with van der Waals surface area (Å²) in [6, 6.07) is 9.83. The average molecular weight is 235 g/mol. The van der Waals surface area contributed by atoms with Crippen molar-refractivity contribution in [2.24, 2.45) is 0 Å². The number of aromatic nitrogens is 2. The quantitative estimate of drug-likeness (QED) is 0.730. The second kappa shape index (κ2) is 3.95. The third-order valence-corrected chi connectivity index (χ3v) is 2.76. The maximum Gasteiger partial charge on any atom is 0.0703 e. The molecule has 1 aromatic carbocycles. The molecule has 0 spiro atoms. The molecule has 0 unspecified atom stereocenters. The summed E-state index contributed by atoms with van der Waals surface area (Å²) in [5, 5.41) is 5.12. The van der Waals surface area contributed by atoms with Crippen LogP contribution in [0.3, 0.4) is 0 Å². The summed E-state index contributed by atoms with van der Waals surface area (Å²) in [5.41, 5.74) is 2.03. The second-order valence-corrected chi connectivity index (χ2v) is 5.19. The third-order valence-electron chi connectivity index (χ3n) is 2.43. The molecule has 1 heterocycles. The molecule has 2 nitrogen and oxygen atoms in total. The Morgan fingerprint density at radius 3 is 2.44 bits per heavy atom. The van der Waals surface area contributed by atoms with E-state index in [0.717, 1.165) is 16.3 Å². The van der Waals surface area contributed by atoms with Crippen molar-refractivity contribution in [1.29, 1.82) is 0 Å². The molecular formula is C13H15ClN2. The van der Waals surface area contributed by atoms with Gasteiger partial charge in [0.15, 0.2) is 0 Å². The topological polar surface area (TPSA) is 17.8 Å². The molecule has 2 aromatic rings. The fraction of sp³-hybridized carbons (Fsp3) is 0.308. The summed E-state index contributed by atoms with van der Waals surface area (Å²) >= 11 is 6.20. The van der Waals surface area contributed by atoms with Gasteiger partial charge in [-0.2, -0.15) is 5.10 Å². The number of hydrogen-bond acceptors (Lipinski definition) is 1. The van der Waals surface area contributed by atoms with Gasteiger partial charge < -0.3 is 0 Å². The van der Waals surface area contributed by atoms with Gasteiger partial charge in [0.2, 0.25) is 0 Å². The Hall–Kier alpha value is -1.28. The highest BCUT2D eigenvalue weighted by Crippen LogP contribution is 2.30. The number of halogens is 1. The van der Waals surface area contributed by atoms with Gasteiger partial charge in [-0.25, -0.2) is 0 Å².